The molecule has 1 aromatic carbocycles. The van der Waals surface area contributed by atoms with Gasteiger partial charge >= 0.3 is 0 Å². The Kier molecular flexibility index (Phi) is 4.08. The first-order valence-electron chi connectivity index (χ1n) is 6.75. The first-order chi connectivity index (χ1) is 10.3. The Balaban J connectivity index is 1.59. The van der Waals surface area contributed by atoms with Crippen molar-refractivity contribution in [2.45, 2.75) is 13.0 Å². The van der Waals surface area contributed by atoms with Crippen LogP contribution in [0.4, 0.5) is 0 Å². The molecule has 0 spiro atoms. The molecular weight excluding hydrogens is 286 g/mol. The second-order valence-corrected chi connectivity index (χ2v) is 5.59. The number of ether oxygens (including phenoxy) is 1. The normalized spacial score (nSPS) is 11.1. The summed E-state index contributed by atoms with van der Waals surface area (Å²) >= 11 is 1.60. The van der Waals surface area contributed by atoms with E-state index in [1.165, 1.54) is 5.56 Å². The molecule has 3 aromatic rings. The predicted molar refractivity (Wildman–Crippen MR) is 83.1 cm³/mol. The zero-order chi connectivity index (χ0) is 14.7. The number of benzene rings is 1. The number of methoxy groups -OCH3 is 1. The Morgan fingerprint density at radius 1 is 1.33 bits per heavy atom. The molecule has 0 amide bonds. The molecule has 0 aliphatic carbocycles. The molecule has 0 fully saturated rings. The average molecular weight is 303 g/mol. The highest BCUT2D eigenvalue weighted by molar-refractivity contribution is 7.15. The molecule has 0 atom stereocenters. The Morgan fingerprint density at radius 2 is 2.14 bits per heavy atom. The van der Waals surface area contributed by atoms with Crippen molar-refractivity contribution in [3.05, 3.63) is 47.1 Å². The third kappa shape index (κ3) is 3.01. The standard InChI is InChI=1S/C15H17N3O2S/c1-20-14-13(18-8-9-21-15(18)17-14)10-16-7-6-11-2-4-12(19)5-3-11/h2-5,8-9,16,19H,6-7,10H2,1H3. The molecular formula is C15H17N3O2S. The fourth-order valence-electron chi connectivity index (χ4n) is 2.24. The van der Waals surface area contributed by atoms with Crippen molar-refractivity contribution >= 4 is 16.3 Å². The van der Waals surface area contributed by atoms with E-state index in [1.54, 1.807) is 30.6 Å². The zero-order valence-electron chi connectivity index (χ0n) is 11.7. The SMILES string of the molecule is COc1nc2sccn2c1CNCCc1ccc(O)cc1. The van der Waals surface area contributed by atoms with Gasteiger partial charge in [-0.2, -0.15) is 4.98 Å². The highest BCUT2D eigenvalue weighted by Gasteiger charge is 2.12. The van der Waals surface area contributed by atoms with Gasteiger partial charge in [0.2, 0.25) is 5.88 Å². The van der Waals surface area contributed by atoms with Crippen LogP contribution < -0.4 is 10.1 Å². The Labute approximate surface area is 126 Å². The number of hydrogen-bond donors (Lipinski definition) is 2. The summed E-state index contributed by atoms with van der Waals surface area (Å²) in [6, 6.07) is 7.30. The van der Waals surface area contributed by atoms with Crippen LogP contribution in [-0.4, -0.2) is 28.1 Å². The Morgan fingerprint density at radius 3 is 2.90 bits per heavy atom. The molecule has 0 bridgehead atoms. The molecule has 6 heteroatoms. The number of nitrogens with zero attached hydrogens (tertiary/aromatic N) is 2. The van der Waals surface area contributed by atoms with E-state index < -0.39 is 0 Å². The number of phenols is 1. The summed E-state index contributed by atoms with van der Waals surface area (Å²) in [5.74, 6) is 0.981. The summed E-state index contributed by atoms with van der Waals surface area (Å²) in [6.45, 7) is 1.56. The molecule has 110 valence electrons. The van der Waals surface area contributed by atoms with Crippen LogP contribution in [0.2, 0.25) is 0 Å². The van der Waals surface area contributed by atoms with Gasteiger partial charge < -0.3 is 15.2 Å². The maximum Gasteiger partial charge on any atom is 0.237 e. The van der Waals surface area contributed by atoms with E-state index in [9.17, 15) is 5.11 Å². The topological polar surface area (TPSA) is 58.8 Å². The largest absolute Gasteiger partial charge is 0.508 e. The fraction of sp³-hybridized carbons (Fsp3) is 0.267. The number of thiazole rings is 1. The van der Waals surface area contributed by atoms with Crippen LogP contribution in [0.25, 0.3) is 4.96 Å². The van der Waals surface area contributed by atoms with Gasteiger partial charge in [0, 0.05) is 18.1 Å². The lowest BCUT2D eigenvalue weighted by Gasteiger charge is -2.06. The predicted octanol–water partition coefficient (Wildman–Crippen LogP) is 2.44. The second-order valence-electron chi connectivity index (χ2n) is 4.72. The van der Waals surface area contributed by atoms with E-state index in [1.807, 2.05) is 23.7 Å². The first-order valence-corrected chi connectivity index (χ1v) is 7.63. The number of rotatable bonds is 6. The lowest BCUT2D eigenvalue weighted by Crippen LogP contribution is -2.18. The van der Waals surface area contributed by atoms with E-state index in [0.717, 1.165) is 23.6 Å². The number of phenolic OH excluding ortho intramolecular Hbond substituents is 1. The molecule has 2 heterocycles. The number of imidazole rings is 1. The molecule has 2 aromatic heterocycles. The monoisotopic (exact) mass is 303 g/mol. The first kappa shape index (κ1) is 13.9. The van der Waals surface area contributed by atoms with Crippen molar-refractivity contribution in [1.82, 2.24) is 14.7 Å². The van der Waals surface area contributed by atoms with E-state index in [2.05, 4.69) is 14.7 Å². The van der Waals surface area contributed by atoms with Gasteiger partial charge in [-0.05, 0) is 30.7 Å². The summed E-state index contributed by atoms with van der Waals surface area (Å²) < 4.78 is 7.38. The van der Waals surface area contributed by atoms with E-state index in [4.69, 9.17) is 4.74 Å². The number of fused-ring (bicyclic) bond motifs is 1. The number of aromatic nitrogens is 2. The molecule has 0 aliphatic rings. The number of hydrogen-bond acceptors (Lipinski definition) is 5. The van der Waals surface area contributed by atoms with Crippen molar-refractivity contribution in [3.63, 3.8) is 0 Å². The van der Waals surface area contributed by atoms with E-state index in [-0.39, 0.29) is 0 Å². The van der Waals surface area contributed by atoms with Gasteiger partial charge in [0.25, 0.3) is 0 Å². The van der Waals surface area contributed by atoms with Crippen molar-refractivity contribution in [3.8, 4) is 11.6 Å². The summed E-state index contributed by atoms with van der Waals surface area (Å²) in [6.07, 6.45) is 2.92. The minimum atomic E-state index is 0.301. The minimum Gasteiger partial charge on any atom is -0.508 e. The summed E-state index contributed by atoms with van der Waals surface area (Å²) in [5.41, 5.74) is 2.24. The molecule has 0 saturated carbocycles. The summed E-state index contributed by atoms with van der Waals surface area (Å²) in [5, 5.41) is 14.7. The molecule has 21 heavy (non-hydrogen) atoms. The molecule has 0 radical (unpaired) electrons. The summed E-state index contributed by atoms with van der Waals surface area (Å²) in [7, 11) is 1.65. The van der Waals surface area contributed by atoms with Crippen LogP contribution in [0.1, 0.15) is 11.3 Å². The average Bonchev–Trinajstić information content (AvgIpc) is 3.06. The zero-order valence-corrected chi connectivity index (χ0v) is 12.6. The highest BCUT2D eigenvalue weighted by Crippen LogP contribution is 2.22. The van der Waals surface area contributed by atoms with Crippen LogP contribution in [-0.2, 0) is 13.0 Å². The van der Waals surface area contributed by atoms with E-state index in [0.29, 0.717) is 18.2 Å². The molecule has 0 unspecified atom stereocenters. The van der Waals surface area contributed by atoms with Gasteiger partial charge in [0.15, 0.2) is 4.96 Å². The Bertz CT molecular complexity index is 718. The maximum atomic E-state index is 9.25. The third-order valence-electron chi connectivity index (χ3n) is 3.34. The van der Waals surface area contributed by atoms with Crippen molar-refractivity contribution in [2.24, 2.45) is 0 Å². The van der Waals surface area contributed by atoms with Crippen LogP contribution in [0.15, 0.2) is 35.8 Å². The molecule has 2 N–H and O–H groups in total. The van der Waals surface area contributed by atoms with Gasteiger partial charge in [-0.1, -0.05) is 12.1 Å². The molecule has 5 nitrogen and oxygen atoms in total. The van der Waals surface area contributed by atoms with Gasteiger partial charge in [-0.25, -0.2) is 0 Å². The van der Waals surface area contributed by atoms with Crippen LogP contribution in [0.5, 0.6) is 11.6 Å². The summed E-state index contributed by atoms with van der Waals surface area (Å²) in [4.78, 5) is 5.38. The number of nitrogens with one attached hydrogen (secondary N) is 1. The van der Waals surface area contributed by atoms with Gasteiger partial charge in [0.05, 0.1) is 7.11 Å². The second kappa shape index (κ2) is 6.15. The van der Waals surface area contributed by atoms with Gasteiger partial charge in [-0.15, -0.1) is 11.3 Å². The highest BCUT2D eigenvalue weighted by atomic mass is 32.1. The molecule has 0 saturated heterocycles. The van der Waals surface area contributed by atoms with Crippen molar-refractivity contribution in [2.75, 3.05) is 13.7 Å². The Hall–Kier alpha value is -2.05. The molecule has 0 aliphatic heterocycles. The van der Waals surface area contributed by atoms with Gasteiger partial charge in [-0.3, -0.25) is 4.40 Å². The van der Waals surface area contributed by atoms with Gasteiger partial charge in [0.1, 0.15) is 11.4 Å². The minimum absolute atomic E-state index is 0.301. The van der Waals surface area contributed by atoms with E-state index >= 15 is 0 Å². The maximum absolute atomic E-state index is 9.25. The van der Waals surface area contributed by atoms with Crippen LogP contribution in [0, 0.1) is 0 Å². The van der Waals surface area contributed by atoms with Crippen molar-refractivity contribution in [1.29, 1.82) is 0 Å². The lowest BCUT2D eigenvalue weighted by atomic mass is 10.1. The van der Waals surface area contributed by atoms with Crippen LogP contribution in [0.3, 0.4) is 0 Å². The third-order valence-corrected chi connectivity index (χ3v) is 4.09. The fourth-order valence-corrected chi connectivity index (χ4v) is 2.96. The molecule has 3 rings (SSSR count). The lowest BCUT2D eigenvalue weighted by molar-refractivity contribution is 0.393. The van der Waals surface area contributed by atoms with Crippen molar-refractivity contribution < 1.29 is 9.84 Å². The smallest absolute Gasteiger partial charge is 0.237 e. The quantitative estimate of drug-likeness (QED) is 0.687. The number of aromatic hydroxyl groups is 1. The van der Waals surface area contributed by atoms with Crippen LogP contribution >= 0.6 is 11.3 Å².